The third-order valence-corrected chi connectivity index (χ3v) is 3.15. The van der Waals surface area contributed by atoms with Gasteiger partial charge in [-0.1, -0.05) is 13.8 Å². The van der Waals surface area contributed by atoms with Crippen molar-refractivity contribution in [2.45, 2.75) is 13.8 Å². The van der Waals surface area contributed by atoms with Gasteiger partial charge in [0.1, 0.15) is 10.7 Å². The molecule has 2 aromatic heterocycles. The van der Waals surface area contributed by atoms with E-state index >= 15 is 0 Å². The highest BCUT2D eigenvalue weighted by atomic mass is 16.6. The minimum absolute atomic E-state index is 0.229. The lowest BCUT2D eigenvalue weighted by Crippen LogP contribution is -2.24. The van der Waals surface area contributed by atoms with Gasteiger partial charge in [0.25, 0.3) is 0 Å². The monoisotopic (exact) mass is 318 g/mol. The van der Waals surface area contributed by atoms with E-state index in [0.717, 1.165) is 19.6 Å². The van der Waals surface area contributed by atoms with Gasteiger partial charge in [-0.25, -0.2) is 9.97 Å². The summed E-state index contributed by atoms with van der Waals surface area (Å²) in [4.78, 5) is 20.5. The quantitative estimate of drug-likeness (QED) is 0.452. The van der Waals surface area contributed by atoms with Crippen LogP contribution < -0.4 is 5.43 Å². The first-order valence-electron chi connectivity index (χ1n) is 7.21. The molecule has 0 radical (unpaired) electrons. The molecule has 0 aromatic carbocycles. The first kappa shape index (κ1) is 16.6. The lowest BCUT2D eigenvalue weighted by Gasteiger charge is -2.14. The van der Waals surface area contributed by atoms with Crippen molar-refractivity contribution in [2.24, 2.45) is 5.10 Å². The Kier molecular flexibility index (Phi) is 5.75. The van der Waals surface area contributed by atoms with Gasteiger partial charge in [0, 0.05) is 25.0 Å². The zero-order valence-electron chi connectivity index (χ0n) is 13.0. The highest BCUT2D eigenvalue weighted by Crippen LogP contribution is 2.23. The summed E-state index contributed by atoms with van der Waals surface area (Å²) in [6.07, 6.45) is 3.28. The van der Waals surface area contributed by atoms with Crippen molar-refractivity contribution >= 4 is 17.9 Å². The van der Waals surface area contributed by atoms with Crippen molar-refractivity contribution in [2.75, 3.05) is 25.1 Å². The van der Waals surface area contributed by atoms with Crippen LogP contribution in [0.15, 0.2) is 33.9 Å². The average Bonchev–Trinajstić information content (AvgIpc) is 3.06. The van der Waals surface area contributed by atoms with Crippen molar-refractivity contribution in [3.05, 3.63) is 34.5 Å². The summed E-state index contributed by atoms with van der Waals surface area (Å²) in [6.45, 7) is 6.82. The Hall–Kier alpha value is -2.81. The zero-order valence-corrected chi connectivity index (χ0v) is 13.0. The molecule has 0 aliphatic carbocycles. The predicted octanol–water partition coefficient (Wildman–Crippen LogP) is 2.38. The molecule has 9 heteroatoms. The molecule has 2 aromatic rings. The van der Waals surface area contributed by atoms with Crippen LogP contribution in [0.3, 0.4) is 0 Å². The number of hydrogen-bond acceptors (Lipinski definition) is 8. The molecule has 2 rings (SSSR count). The van der Waals surface area contributed by atoms with Gasteiger partial charge < -0.3 is 4.42 Å². The topological polar surface area (TPSA) is 110 Å². The van der Waals surface area contributed by atoms with Gasteiger partial charge in [-0.05, 0) is 19.2 Å². The van der Waals surface area contributed by atoms with Crippen LogP contribution in [0.5, 0.6) is 0 Å². The molecule has 0 spiro atoms. The molecule has 0 unspecified atom stereocenters. The minimum Gasteiger partial charge on any atom is -0.397 e. The number of rotatable bonds is 8. The Morgan fingerprint density at radius 1 is 1.39 bits per heavy atom. The Bertz CT molecular complexity index is 681. The molecule has 2 heterocycles. The van der Waals surface area contributed by atoms with E-state index in [1.165, 1.54) is 18.3 Å². The van der Waals surface area contributed by atoms with Gasteiger partial charge in [-0.2, -0.15) is 5.10 Å². The molecule has 122 valence electrons. The van der Waals surface area contributed by atoms with E-state index in [0.29, 0.717) is 5.82 Å². The van der Waals surface area contributed by atoms with Gasteiger partial charge >= 0.3 is 5.88 Å². The summed E-state index contributed by atoms with van der Waals surface area (Å²) in [5.74, 6) is 0.610. The molecule has 9 nitrogen and oxygen atoms in total. The van der Waals surface area contributed by atoms with Crippen LogP contribution in [-0.4, -0.2) is 45.6 Å². The lowest BCUT2D eigenvalue weighted by molar-refractivity contribution is -0.401. The molecular weight excluding hydrogens is 300 g/mol. The molecule has 0 saturated heterocycles. The maximum atomic E-state index is 10.6. The van der Waals surface area contributed by atoms with E-state index in [1.54, 1.807) is 12.3 Å². The molecule has 0 atom stereocenters. The van der Waals surface area contributed by atoms with Gasteiger partial charge in [0.2, 0.25) is 0 Å². The fourth-order valence-electron chi connectivity index (χ4n) is 1.84. The Balaban J connectivity index is 2.02. The molecule has 0 bridgehead atoms. The third kappa shape index (κ3) is 4.58. The van der Waals surface area contributed by atoms with Gasteiger partial charge in [-0.3, -0.25) is 20.4 Å². The highest BCUT2D eigenvalue weighted by Gasteiger charge is 2.15. The number of aromatic nitrogens is 2. The normalized spacial score (nSPS) is 11.3. The van der Waals surface area contributed by atoms with Crippen molar-refractivity contribution in [1.82, 2.24) is 14.9 Å². The summed E-state index contributed by atoms with van der Waals surface area (Å²) < 4.78 is 5.08. The zero-order chi connectivity index (χ0) is 16.7. The van der Waals surface area contributed by atoms with E-state index in [-0.39, 0.29) is 17.5 Å². The summed E-state index contributed by atoms with van der Waals surface area (Å²) in [7, 11) is 0. The van der Waals surface area contributed by atoms with Crippen LogP contribution in [0.2, 0.25) is 0 Å². The number of nitro groups is 1. The molecule has 1 N–H and O–H groups in total. The average molecular weight is 318 g/mol. The molecule has 0 fully saturated rings. The number of anilines is 1. The Morgan fingerprint density at radius 2 is 2.17 bits per heavy atom. The van der Waals surface area contributed by atoms with Crippen LogP contribution >= 0.6 is 0 Å². The fourth-order valence-corrected chi connectivity index (χ4v) is 1.84. The van der Waals surface area contributed by atoms with Crippen molar-refractivity contribution in [3.8, 4) is 11.6 Å². The second kappa shape index (κ2) is 7.99. The number of furan rings is 1. The second-order valence-electron chi connectivity index (χ2n) is 4.57. The van der Waals surface area contributed by atoms with Crippen LogP contribution in [0.25, 0.3) is 11.6 Å². The molecule has 23 heavy (non-hydrogen) atoms. The Morgan fingerprint density at radius 3 is 2.83 bits per heavy atom. The smallest absolute Gasteiger partial charge is 0.397 e. The molecule has 0 amide bonds. The van der Waals surface area contributed by atoms with E-state index in [4.69, 9.17) is 4.42 Å². The molecule has 0 aliphatic rings. The first-order valence-corrected chi connectivity index (χ1v) is 7.21. The van der Waals surface area contributed by atoms with E-state index in [2.05, 4.69) is 39.2 Å². The van der Waals surface area contributed by atoms with Crippen molar-refractivity contribution < 1.29 is 9.34 Å². The van der Waals surface area contributed by atoms with Crippen LogP contribution in [0.4, 0.5) is 11.7 Å². The SMILES string of the molecule is CCN(CC)CC=NNc1ccnc(-c2ccc([N+](=O)[O-])o2)n1. The van der Waals surface area contributed by atoms with E-state index in [9.17, 15) is 10.1 Å². The minimum atomic E-state index is -0.608. The fraction of sp³-hybridized carbons (Fsp3) is 0.357. The highest BCUT2D eigenvalue weighted by molar-refractivity contribution is 5.61. The van der Waals surface area contributed by atoms with E-state index in [1.807, 2.05) is 0 Å². The number of hydrazone groups is 1. The first-order chi connectivity index (χ1) is 11.1. The van der Waals surface area contributed by atoms with Gasteiger partial charge in [0.05, 0.1) is 6.07 Å². The molecular formula is C14H18N6O3. The predicted molar refractivity (Wildman–Crippen MR) is 86.3 cm³/mol. The third-order valence-electron chi connectivity index (χ3n) is 3.15. The number of hydrogen-bond donors (Lipinski definition) is 1. The lowest BCUT2D eigenvalue weighted by atomic mass is 10.4. The maximum Gasteiger partial charge on any atom is 0.433 e. The van der Waals surface area contributed by atoms with Crippen molar-refractivity contribution in [1.29, 1.82) is 0 Å². The largest absolute Gasteiger partial charge is 0.433 e. The van der Waals surface area contributed by atoms with Crippen molar-refractivity contribution in [3.63, 3.8) is 0 Å². The number of nitrogens with one attached hydrogen (secondary N) is 1. The van der Waals surface area contributed by atoms with Crippen LogP contribution in [-0.2, 0) is 0 Å². The van der Waals surface area contributed by atoms with E-state index < -0.39 is 4.92 Å². The van der Waals surface area contributed by atoms with Gasteiger partial charge in [0.15, 0.2) is 11.6 Å². The number of nitrogens with zero attached hydrogens (tertiary/aromatic N) is 5. The molecule has 0 saturated carbocycles. The Labute approximate surface area is 133 Å². The summed E-state index contributed by atoms with van der Waals surface area (Å²) in [5, 5.41) is 14.7. The molecule has 0 aliphatic heterocycles. The standard InChI is InChI=1S/C14H18N6O3/c1-3-19(4-2)10-9-16-18-12-7-8-15-14(17-12)11-5-6-13(23-11)20(21)22/h5-9H,3-4,10H2,1-2H3,(H,15,17,18). The van der Waals surface area contributed by atoms with Crippen LogP contribution in [0.1, 0.15) is 13.8 Å². The summed E-state index contributed by atoms with van der Waals surface area (Å²) in [6, 6.07) is 4.37. The maximum absolute atomic E-state index is 10.6. The van der Waals surface area contributed by atoms with Crippen LogP contribution in [0, 0.1) is 10.1 Å². The summed E-state index contributed by atoms with van der Waals surface area (Å²) in [5.41, 5.74) is 2.80. The second-order valence-corrected chi connectivity index (χ2v) is 4.57. The van der Waals surface area contributed by atoms with Gasteiger partial charge in [-0.15, -0.1) is 0 Å². The summed E-state index contributed by atoms with van der Waals surface area (Å²) >= 11 is 0.